The van der Waals surface area contributed by atoms with Gasteiger partial charge in [0.15, 0.2) is 0 Å². The quantitative estimate of drug-likeness (QED) is 0.350. The van der Waals surface area contributed by atoms with Gasteiger partial charge in [-0.25, -0.2) is 18.1 Å². The van der Waals surface area contributed by atoms with Gasteiger partial charge >= 0.3 is 72.4 Å². The Labute approximate surface area is 303 Å². The van der Waals surface area contributed by atoms with Crippen molar-refractivity contribution in [3.8, 4) is 0 Å². The Morgan fingerprint density at radius 3 is 2.11 bits per heavy atom. The molecule has 2 saturated carbocycles. The second kappa shape index (κ2) is 15.0. The molecule has 3 heteroatoms. The van der Waals surface area contributed by atoms with Gasteiger partial charge in [0.2, 0.25) is 0 Å². The van der Waals surface area contributed by atoms with Crippen molar-refractivity contribution in [2.24, 2.45) is 33.5 Å². The van der Waals surface area contributed by atoms with E-state index in [1.807, 2.05) is 30.3 Å². The zero-order valence-corrected chi connectivity index (χ0v) is 33.2. The van der Waals surface area contributed by atoms with E-state index in [1.165, 1.54) is 62.5 Å². The van der Waals surface area contributed by atoms with Crippen LogP contribution in [0.15, 0.2) is 83.5 Å². The van der Waals surface area contributed by atoms with Gasteiger partial charge in [0.05, 0.1) is 0 Å². The molecule has 0 bridgehead atoms. The van der Waals surface area contributed by atoms with E-state index >= 15 is 0 Å². The molecule has 0 amide bonds. The largest absolute Gasteiger partial charge is 0.214 e. The first-order chi connectivity index (χ1) is 20.4. The summed E-state index contributed by atoms with van der Waals surface area (Å²) in [4.78, 5) is 0. The third-order valence-corrected chi connectivity index (χ3v) is 14.1. The Morgan fingerprint density at radius 2 is 1.51 bits per heavy atom. The maximum absolute atomic E-state index is 2.62. The molecule has 2 atom stereocenters. The van der Waals surface area contributed by atoms with Crippen molar-refractivity contribution in [1.29, 1.82) is 0 Å². The van der Waals surface area contributed by atoms with E-state index in [0.717, 1.165) is 12.3 Å². The zero-order valence-electron chi connectivity index (χ0n) is 29.2. The molecule has 5 aliphatic rings. The maximum atomic E-state index is 2.62. The minimum Gasteiger partial charge on any atom is -0.214 e. The van der Waals surface area contributed by atoms with Crippen molar-refractivity contribution in [3.63, 3.8) is 0 Å². The molecular weight excluding hydrogens is 667 g/mol. The topological polar surface area (TPSA) is 0 Å². The molecule has 0 aromatic heterocycles. The molecule has 2 aromatic rings. The van der Waals surface area contributed by atoms with Crippen LogP contribution in [0.3, 0.4) is 0 Å². The molecule has 0 saturated heterocycles. The van der Waals surface area contributed by atoms with E-state index in [0.29, 0.717) is 5.92 Å². The molecular formula is C42H56Cl2Zr-2. The van der Waals surface area contributed by atoms with Gasteiger partial charge in [-0.15, -0.1) is 6.92 Å². The van der Waals surface area contributed by atoms with E-state index in [-0.39, 0.29) is 46.5 Å². The molecule has 0 heterocycles. The maximum Gasteiger partial charge on any atom is -0.172 e. The van der Waals surface area contributed by atoms with Gasteiger partial charge in [-0.1, -0.05) is 113 Å². The van der Waals surface area contributed by atoms with Gasteiger partial charge in [0, 0.05) is 0 Å². The van der Waals surface area contributed by atoms with E-state index in [4.69, 9.17) is 0 Å². The number of hydrogen-bond donors (Lipinski definition) is 0. The molecule has 2 aromatic carbocycles. The van der Waals surface area contributed by atoms with Gasteiger partial charge in [-0.05, 0) is 40.6 Å². The predicted molar refractivity (Wildman–Crippen MR) is 184 cm³/mol. The summed E-state index contributed by atoms with van der Waals surface area (Å²) in [6, 6.07) is 19.2. The average molecular weight is 723 g/mol. The van der Waals surface area contributed by atoms with E-state index < -0.39 is 0 Å². The first kappa shape index (κ1) is 38.4. The Hall–Kier alpha value is -1.01. The van der Waals surface area contributed by atoms with E-state index in [1.54, 1.807) is 52.4 Å². The summed E-state index contributed by atoms with van der Waals surface area (Å²) in [6.07, 6.45) is 17.4. The monoisotopic (exact) mass is 720 g/mol. The van der Waals surface area contributed by atoms with Crippen LogP contribution in [0.1, 0.15) is 118 Å². The van der Waals surface area contributed by atoms with Gasteiger partial charge in [0.1, 0.15) is 0 Å². The van der Waals surface area contributed by atoms with Gasteiger partial charge < -0.3 is 24.8 Å². The smallest absolute Gasteiger partial charge is 0.172 e. The third kappa shape index (κ3) is 6.43. The third-order valence-electron chi connectivity index (χ3n) is 13.5. The van der Waals surface area contributed by atoms with Crippen molar-refractivity contribution in [3.05, 3.63) is 101 Å². The number of halogens is 2. The van der Waals surface area contributed by atoms with Crippen molar-refractivity contribution in [2.45, 2.75) is 113 Å². The minimum atomic E-state index is 0. The second-order valence-corrected chi connectivity index (χ2v) is 16.7. The van der Waals surface area contributed by atoms with Crippen LogP contribution in [-0.2, 0) is 30.7 Å². The predicted octanol–water partition coefficient (Wildman–Crippen LogP) is 5.68. The molecule has 2 unspecified atom stereocenters. The van der Waals surface area contributed by atoms with Gasteiger partial charge in [0.25, 0.3) is 0 Å². The molecule has 5 aliphatic carbocycles. The van der Waals surface area contributed by atoms with Crippen molar-refractivity contribution in [1.82, 2.24) is 0 Å². The number of fused-ring (bicyclic) bond motifs is 6. The van der Waals surface area contributed by atoms with Crippen molar-refractivity contribution >= 4 is 9.28 Å². The van der Waals surface area contributed by atoms with Crippen LogP contribution in [0.25, 0.3) is 5.57 Å². The van der Waals surface area contributed by atoms with Crippen LogP contribution in [0.4, 0.5) is 0 Å². The van der Waals surface area contributed by atoms with Crippen LogP contribution < -0.4 is 24.8 Å². The molecule has 244 valence electrons. The fourth-order valence-electron chi connectivity index (χ4n) is 9.48. The van der Waals surface area contributed by atoms with Crippen molar-refractivity contribution in [2.75, 3.05) is 0 Å². The fraction of sp³-hybridized carbons (Fsp3) is 0.548. The second-order valence-electron chi connectivity index (χ2n) is 15.7. The van der Waals surface area contributed by atoms with Crippen molar-refractivity contribution < 1.29 is 49.0 Å². The van der Waals surface area contributed by atoms with Gasteiger partial charge in [-0.2, -0.15) is 29.3 Å². The molecule has 0 nitrogen and oxygen atoms in total. The number of allylic oxidation sites excluding steroid dienone is 6. The van der Waals surface area contributed by atoms with Gasteiger partial charge in [-0.3, -0.25) is 0 Å². The van der Waals surface area contributed by atoms with E-state index in [9.17, 15) is 0 Å². The average Bonchev–Trinajstić information content (AvgIpc) is 3.70. The van der Waals surface area contributed by atoms with Crippen LogP contribution in [0, 0.1) is 39.4 Å². The molecule has 45 heavy (non-hydrogen) atoms. The fourth-order valence-corrected chi connectivity index (χ4v) is 10.3. The summed E-state index contributed by atoms with van der Waals surface area (Å²) >= 11 is 1.61. The summed E-state index contributed by atoms with van der Waals surface area (Å²) in [5.74, 6) is 3.31. The summed E-state index contributed by atoms with van der Waals surface area (Å²) in [7, 11) is 0. The van der Waals surface area contributed by atoms with Crippen LogP contribution in [-0.4, -0.2) is 3.71 Å². The standard InChI is InChI=1S/C29H37.C8H14.C5H5.2ClH.Zr/c1-18-25-22-17-19-13-9-10-14-20(19)24(22)21-15-11-12-16-23(21)29(25,8)28(6,7)27(4,5)26(18,2)3;1-2-8-6-4-3-5-7-8;1-2-4-5-3-1;;;/h9-11,13-15,23H,12,16-17H2,1-8H3;1,8H,2-7H2;1-5H;2*1H;/q-1;;-1;;;+2/p-2. The summed E-state index contributed by atoms with van der Waals surface area (Å²) in [5.41, 5.74) is 10.3. The number of hydrogen-bond acceptors (Lipinski definition) is 0. The van der Waals surface area contributed by atoms with E-state index in [2.05, 4.69) is 95.5 Å². The SMILES string of the molecule is C[C-]1C2=C3Cc4ccccc4C3=C3C=CCCC3C2(C)C(C)(C)C(C)(C)C1(C)C.[Cl-].[Cl-].[Zr+2]=[CH]CC1CCCCC1.c1cc[cH-]c1. The molecule has 0 aliphatic heterocycles. The number of rotatable bonds is 2. The summed E-state index contributed by atoms with van der Waals surface area (Å²) < 4.78 is 2.41. The summed E-state index contributed by atoms with van der Waals surface area (Å²) in [6.45, 7) is 20.3. The van der Waals surface area contributed by atoms with Crippen LogP contribution in [0.5, 0.6) is 0 Å². The Bertz CT molecular complexity index is 1360. The normalized spacial score (nSPS) is 26.7. The molecule has 0 N–H and O–H groups in total. The van der Waals surface area contributed by atoms with Crippen LogP contribution in [0.2, 0.25) is 0 Å². The minimum absolute atomic E-state index is 0. The molecule has 7 rings (SSSR count). The Morgan fingerprint density at radius 1 is 0.867 bits per heavy atom. The molecule has 0 radical (unpaired) electrons. The molecule has 0 spiro atoms. The number of benzene rings is 1. The first-order valence-corrected chi connectivity index (χ1v) is 18.6. The Balaban J connectivity index is 0.000000286. The summed E-state index contributed by atoms with van der Waals surface area (Å²) in [5, 5.41) is 0. The first-order valence-electron chi connectivity index (χ1n) is 17.1. The molecule has 2 fully saturated rings. The Kier molecular flexibility index (Phi) is 12.9. The zero-order chi connectivity index (χ0) is 31.0. The van der Waals surface area contributed by atoms with Crippen LogP contribution >= 0.6 is 0 Å².